The number of rotatable bonds is 2. The predicted molar refractivity (Wildman–Crippen MR) is 83.7 cm³/mol. The molecule has 0 fully saturated rings. The maximum absolute atomic E-state index is 12.4. The van der Waals surface area contributed by atoms with Crippen LogP contribution in [-0.4, -0.2) is 22.9 Å². The van der Waals surface area contributed by atoms with E-state index < -0.39 is 17.8 Å². The summed E-state index contributed by atoms with van der Waals surface area (Å²) in [4.78, 5) is 36.9. The van der Waals surface area contributed by atoms with E-state index >= 15 is 0 Å². The lowest BCUT2D eigenvalue weighted by atomic mass is 10.1. The first kappa shape index (κ1) is 13.7. The van der Waals surface area contributed by atoms with Crippen molar-refractivity contribution in [1.29, 1.82) is 0 Å². The summed E-state index contributed by atoms with van der Waals surface area (Å²) in [5.41, 5.74) is 0.838. The standard InChI is InChI=1S/C15H8INO4/c16-11-3-1-2-4-12(11)17-13(18)9-6-5-8(15(20)21)7-10(9)14(17)19/h1-7H,(H,20,21). The van der Waals surface area contributed by atoms with Crippen LogP contribution in [0.25, 0.3) is 0 Å². The van der Waals surface area contributed by atoms with E-state index in [0.29, 0.717) is 5.69 Å². The second kappa shape index (κ2) is 4.96. The van der Waals surface area contributed by atoms with Gasteiger partial charge in [0.2, 0.25) is 0 Å². The molecule has 1 aliphatic rings. The summed E-state index contributed by atoms with van der Waals surface area (Å²) >= 11 is 2.05. The smallest absolute Gasteiger partial charge is 0.335 e. The molecular formula is C15H8INO4. The van der Waals surface area contributed by atoms with E-state index in [4.69, 9.17) is 5.11 Å². The van der Waals surface area contributed by atoms with Crippen LogP contribution in [0.5, 0.6) is 0 Å². The van der Waals surface area contributed by atoms with Gasteiger partial charge in [-0.05, 0) is 52.9 Å². The third kappa shape index (κ3) is 2.11. The zero-order valence-electron chi connectivity index (χ0n) is 10.5. The van der Waals surface area contributed by atoms with Gasteiger partial charge in [-0.1, -0.05) is 12.1 Å². The number of halogens is 1. The Bertz CT molecular complexity index is 800. The highest BCUT2D eigenvalue weighted by Crippen LogP contribution is 2.31. The van der Waals surface area contributed by atoms with Gasteiger partial charge in [0.1, 0.15) is 0 Å². The lowest BCUT2D eigenvalue weighted by Gasteiger charge is -2.15. The molecule has 0 saturated heterocycles. The first-order chi connectivity index (χ1) is 10.0. The van der Waals surface area contributed by atoms with E-state index in [9.17, 15) is 14.4 Å². The molecule has 0 saturated carbocycles. The fraction of sp³-hybridized carbons (Fsp3) is 0. The Kier molecular flexibility index (Phi) is 3.25. The summed E-state index contributed by atoms with van der Waals surface area (Å²) in [5.74, 6) is -2.07. The predicted octanol–water partition coefficient (Wildman–Crippen LogP) is 2.79. The molecule has 0 unspecified atom stereocenters. The number of fused-ring (bicyclic) bond motifs is 1. The minimum Gasteiger partial charge on any atom is -0.478 e. The largest absolute Gasteiger partial charge is 0.478 e. The molecule has 6 heteroatoms. The Balaban J connectivity index is 2.13. The van der Waals surface area contributed by atoms with E-state index in [2.05, 4.69) is 0 Å². The summed E-state index contributed by atoms with van der Waals surface area (Å²) in [7, 11) is 0. The van der Waals surface area contributed by atoms with Crippen molar-refractivity contribution in [2.75, 3.05) is 4.90 Å². The first-order valence-electron chi connectivity index (χ1n) is 6.01. The van der Waals surface area contributed by atoms with Crippen molar-refractivity contribution >= 4 is 46.1 Å². The zero-order chi connectivity index (χ0) is 15.1. The SMILES string of the molecule is O=C(O)c1ccc2c(c1)C(=O)N(c1ccccc1I)C2=O. The molecule has 0 radical (unpaired) electrons. The Labute approximate surface area is 133 Å². The van der Waals surface area contributed by atoms with E-state index in [-0.39, 0.29) is 16.7 Å². The van der Waals surface area contributed by atoms with E-state index in [1.165, 1.54) is 18.2 Å². The molecular weight excluding hydrogens is 385 g/mol. The van der Waals surface area contributed by atoms with Crippen LogP contribution in [0.4, 0.5) is 5.69 Å². The molecule has 2 aromatic carbocycles. The molecule has 0 spiro atoms. The number of carboxylic acid groups (broad SMARTS) is 1. The summed E-state index contributed by atoms with van der Waals surface area (Å²) in [6, 6.07) is 11.0. The fourth-order valence-electron chi connectivity index (χ4n) is 2.23. The van der Waals surface area contributed by atoms with Crippen molar-refractivity contribution in [3.05, 3.63) is 62.7 Å². The molecule has 1 aliphatic heterocycles. The highest BCUT2D eigenvalue weighted by Gasteiger charge is 2.37. The first-order valence-corrected chi connectivity index (χ1v) is 7.09. The maximum atomic E-state index is 12.4. The van der Waals surface area contributed by atoms with Gasteiger partial charge in [0.05, 0.1) is 22.4 Å². The third-order valence-corrected chi connectivity index (χ3v) is 4.14. The minimum atomic E-state index is -1.13. The molecule has 21 heavy (non-hydrogen) atoms. The van der Waals surface area contributed by atoms with Crippen LogP contribution in [-0.2, 0) is 0 Å². The van der Waals surface area contributed by atoms with Gasteiger partial charge in [-0.15, -0.1) is 0 Å². The van der Waals surface area contributed by atoms with Gasteiger partial charge in [-0.2, -0.15) is 0 Å². The third-order valence-electron chi connectivity index (χ3n) is 3.23. The molecule has 2 amide bonds. The number of amides is 2. The summed E-state index contributed by atoms with van der Waals surface area (Å²) in [6.07, 6.45) is 0. The highest BCUT2D eigenvalue weighted by atomic mass is 127. The lowest BCUT2D eigenvalue weighted by molar-refractivity contribution is 0.0696. The monoisotopic (exact) mass is 393 g/mol. The summed E-state index contributed by atoms with van der Waals surface area (Å²) in [5, 5.41) is 8.98. The molecule has 104 valence electrons. The number of aromatic carboxylic acids is 1. The van der Waals surface area contributed by atoms with E-state index in [0.717, 1.165) is 8.47 Å². The molecule has 0 bridgehead atoms. The van der Waals surface area contributed by atoms with Crippen LogP contribution >= 0.6 is 22.6 Å². The summed E-state index contributed by atoms with van der Waals surface area (Å²) in [6.45, 7) is 0. The molecule has 1 heterocycles. The van der Waals surface area contributed by atoms with E-state index in [1.807, 2.05) is 28.7 Å². The van der Waals surface area contributed by atoms with Gasteiger partial charge in [-0.3, -0.25) is 9.59 Å². The second-order valence-corrected chi connectivity index (χ2v) is 5.62. The number of carbonyl (C=O) groups is 3. The number of nitrogens with zero attached hydrogens (tertiary/aromatic N) is 1. The highest BCUT2D eigenvalue weighted by molar-refractivity contribution is 14.1. The van der Waals surface area contributed by atoms with Crippen LogP contribution in [0.15, 0.2) is 42.5 Å². The normalized spacial score (nSPS) is 13.5. The van der Waals surface area contributed by atoms with Gasteiger partial charge in [-0.25, -0.2) is 9.69 Å². The number of anilines is 1. The molecule has 1 N–H and O–H groups in total. The quantitative estimate of drug-likeness (QED) is 0.629. The van der Waals surface area contributed by atoms with Crippen molar-refractivity contribution in [2.45, 2.75) is 0 Å². The number of carbonyl (C=O) groups excluding carboxylic acids is 2. The molecule has 0 atom stereocenters. The van der Waals surface area contributed by atoms with Crippen LogP contribution in [0.1, 0.15) is 31.1 Å². The fourth-order valence-corrected chi connectivity index (χ4v) is 2.85. The number of hydrogen-bond donors (Lipinski definition) is 1. The van der Waals surface area contributed by atoms with Crippen LogP contribution < -0.4 is 4.90 Å². The van der Waals surface area contributed by atoms with Gasteiger partial charge < -0.3 is 5.11 Å². The second-order valence-electron chi connectivity index (χ2n) is 4.46. The van der Waals surface area contributed by atoms with Crippen molar-refractivity contribution in [3.8, 4) is 0 Å². The van der Waals surface area contributed by atoms with Crippen molar-refractivity contribution in [3.63, 3.8) is 0 Å². The average Bonchev–Trinajstić information content (AvgIpc) is 2.71. The lowest BCUT2D eigenvalue weighted by Crippen LogP contribution is -2.30. The number of para-hydroxylation sites is 1. The van der Waals surface area contributed by atoms with Crippen molar-refractivity contribution < 1.29 is 19.5 Å². The molecule has 0 aromatic heterocycles. The van der Waals surface area contributed by atoms with Crippen LogP contribution in [0, 0.1) is 3.57 Å². The van der Waals surface area contributed by atoms with Gasteiger partial charge in [0.15, 0.2) is 0 Å². The van der Waals surface area contributed by atoms with Gasteiger partial charge in [0, 0.05) is 3.57 Å². The molecule has 0 aliphatic carbocycles. The Morgan fingerprint density at radius 1 is 1.00 bits per heavy atom. The molecule has 2 aromatic rings. The maximum Gasteiger partial charge on any atom is 0.335 e. The molecule has 5 nitrogen and oxygen atoms in total. The topological polar surface area (TPSA) is 74.7 Å². The molecule has 3 rings (SSSR count). The van der Waals surface area contributed by atoms with Gasteiger partial charge >= 0.3 is 5.97 Å². The van der Waals surface area contributed by atoms with Crippen LogP contribution in [0.3, 0.4) is 0 Å². The van der Waals surface area contributed by atoms with E-state index in [1.54, 1.807) is 18.2 Å². The Hall–Kier alpha value is -2.22. The zero-order valence-corrected chi connectivity index (χ0v) is 12.7. The minimum absolute atomic E-state index is 0.0143. The van der Waals surface area contributed by atoms with Crippen LogP contribution in [0.2, 0.25) is 0 Å². The average molecular weight is 393 g/mol. The Morgan fingerprint density at radius 2 is 1.67 bits per heavy atom. The van der Waals surface area contributed by atoms with Gasteiger partial charge in [0.25, 0.3) is 11.8 Å². The number of imide groups is 1. The summed E-state index contributed by atoms with van der Waals surface area (Å²) < 4.78 is 0.767. The number of benzene rings is 2. The number of carboxylic acids is 1. The van der Waals surface area contributed by atoms with Crippen molar-refractivity contribution in [1.82, 2.24) is 0 Å². The van der Waals surface area contributed by atoms with Crippen molar-refractivity contribution in [2.24, 2.45) is 0 Å². The number of hydrogen-bond acceptors (Lipinski definition) is 3. The Morgan fingerprint density at radius 3 is 2.33 bits per heavy atom.